The molecule has 2 amide bonds. The minimum atomic E-state index is -0.0557. The Morgan fingerprint density at radius 1 is 1.00 bits per heavy atom. The summed E-state index contributed by atoms with van der Waals surface area (Å²) in [7, 11) is 3.14. The Morgan fingerprint density at radius 2 is 1.69 bits per heavy atom. The van der Waals surface area contributed by atoms with Gasteiger partial charge in [-0.05, 0) is 55.4 Å². The Morgan fingerprint density at radius 3 is 2.38 bits per heavy atom. The van der Waals surface area contributed by atoms with Gasteiger partial charge in [0, 0.05) is 43.1 Å². The molecule has 1 atom stereocenters. The number of hydrogen-bond acceptors (Lipinski definition) is 4. The quantitative estimate of drug-likeness (QED) is 0.748. The number of benzene rings is 2. The molecular formula is C26H32N2O4. The third-order valence-corrected chi connectivity index (χ3v) is 6.77. The molecule has 0 bridgehead atoms. The van der Waals surface area contributed by atoms with Crippen molar-refractivity contribution in [2.75, 3.05) is 33.9 Å². The van der Waals surface area contributed by atoms with Crippen molar-refractivity contribution in [3.8, 4) is 11.5 Å². The molecule has 1 fully saturated rings. The van der Waals surface area contributed by atoms with Crippen molar-refractivity contribution in [1.82, 2.24) is 10.2 Å². The first-order chi connectivity index (χ1) is 15.6. The molecule has 6 heteroatoms. The molecule has 0 radical (unpaired) electrons. The molecule has 4 rings (SSSR count). The van der Waals surface area contributed by atoms with Crippen LogP contribution in [0, 0.1) is 5.92 Å². The lowest BCUT2D eigenvalue weighted by molar-refractivity contribution is -0.126. The fourth-order valence-electron chi connectivity index (χ4n) is 4.89. The predicted molar refractivity (Wildman–Crippen MR) is 123 cm³/mol. The average molecular weight is 437 g/mol. The number of carbonyl (C=O) groups excluding carboxylic acids is 2. The van der Waals surface area contributed by atoms with E-state index >= 15 is 0 Å². The molecule has 1 saturated heterocycles. The van der Waals surface area contributed by atoms with E-state index in [4.69, 9.17) is 9.47 Å². The van der Waals surface area contributed by atoms with Crippen LogP contribution in [0.1, 0.15) is 53.1 Å². The van der Waals surface area contributed by atoms with Crippen LogP contribution in [-0.2, 0) is 11.2 Å². The zero-order chi connectivity index (χ0) is 22.5. The second-order valence-electron chi connectivity index (χ2n) is 8.70. The number of piperidine rings is 1. The van der Waals surface area contributed by atoms with Crippen molar-refractivity contribution in [2.24, 2.45) is 5.92 Å². The Kier molecular flexibility index (Phi) is 6.98. The Hall–Kier alpha value is -3.02. The van der Waals surface area contributed by atoms with E-state index in [1.165, 1.54) is 17.5 Å². The van der Waals surface area contributed by atoms with Crippen molar-refractivity contribution in [2.45, 2.75) is 38.0 Å². The van der Waals surface area contributed by atoms with Crippen LogP contribution in [0.5, 0.6) is 11.5 Å². The Bertz CT molecular complexity index is 944. The van der Waals surface area contributed by atoms with Crippen LogP contribution < -0.4 is 14.8 Å². The van der Waals surface area contributed by atoms with Crippen molar-refractivity contribution >= 4 is 11.8 Å². The van der Waals surface area contributed by atoms with E-state index in [0.29, 0.717) is 55.5 Å². The lowest BCUT2D eigenvalue weighted by Gasteiger charge is -2.32. The van der Waals surface area contributed by atoms with Crippen molar-refractivity contribution in [3.63, 3.8) is 0 Å². The monoisotopic (exact) mass is 436 g/mol. The van der Waals surface area contributed by atoms with Gasteiger partial charge in [-0.1, -0.05) is 24.3 Å². The summed E-state index contributed by atoms with van der Waals surface area (Å²) in [6.07, 6.45) is 4.79. The number of nitrogens with one attached hydrogen (secondary N) is 1. The highest BCUT2D eigenvalue weighted by atomic mass is 16.5. The van der Waals surface area contributed by atoms with Gasteiger partial charge < -0.3 is 19.7 Å². The maximum Gasteiger partial charge on any atom is 0.254 e. The third-order valence-electron chi connectivity index (χ3n) is 6.77. The van der Waals surface area contributed by atoms with Gasteiger partial charge in [0.15, 0.2) is 0 Å². The van der Waals surface area contributed by atoms with E-state index in [0.717, 1.165) is 12.8 Å². The standard InChI is InChI=1S/C26H32N2O4/c1-31-22-14-21(15-23(16-22)32-2)26(30)28-12-10-19(11-13-28)25(29)27-17-20-8-5-7-18-6-3-4-9-24(18)20/h3-4,6,9,14-16,19-20H,5,7-8,10-13,17H2,1-2H3,(H,27,29). The highest BCUT2D eigenvalue weighted by Crippen LogP contribution is 2.31. The maximum atomic E-state index is 13.0. The maximum absolute atomic E-state index is 13.0. The summed E-state index contributed by atoms with van der Waals surface area (Å²) in [5, 5.41) is 3.19. The number of likely N-dealkylation sites (tertiary alicyclic amines) is 1. The number of carbonyl (C=O) groups is 2. The van der Waals surface area contributed by atoms with Crippen molar-refractivity contribution in [1.29, 1.82) is 0 Å². The van der Waals surface area contributed by atoms with Crippen LogP contribution in [0.2, 0.25) is 0 Å². The first kappa shape index (κ1) is 22.2. The number of nitrogens with zero attached hydrogens (tertiary/aromatic N) is 1. The number of hydrogen-bond donors (Lipinski definition) is 1. The van der Waals surface area contributed by atoms with Crippen LogP contribution in [0.4, 0.5) is 0 Å². The van der Waals surface area contributed by atoms with Crippen LogP contribution in [0.15, 0.2) is 42.5 Å². The molecule has 6 nitrogen and oxygen atoms in total. The summed E-state index contributed by atoms with van der Waals surface area (Å²) in [6, 6.07) is 13.8. The third kappa shape index (κ3) is 4.90. The largest absolute Gasteiger partial charge is 0.497 e. The smallest absolute Gasteiger partial charge is 0.254 e. The molecule has 0 saturated carbocycles. The highest BCUT2D eigenvalue weighted by Gasteiger charge is 2.29. The van der Waals surface area contributed by atoms with E-state index in [1.54, 1.807) is 32.4 Å². The Labute approximate surface area is 189 Å². The van der Waals surface area contributed by atoms with Crippen LogP contribution in [-0.4, -0.2) is 50.6 Å². The highest BCUT2D eigenvalue weighted by molar-refractivity contribution is 5.95. The van der Waals surface area contributed by atoms with Gasteiger partial charge in [-0.3, -0.25) is 9.59 Å². The van der Waals surface area contributed by atoms with Crippen LogP contribution in [0.3, 0.4) is 0 Å². The fraction of sp³-hybridized carbons (Fsp3) is 0.462. The lowest BCUT2D eigenvalue weighted by Crippen LogP contribution is -2.43. The predicted octanol–water partition coefficient (Wildman–Crippen LogP) is 3.79. The molecule has 1 heterocycles. The van der Waals surface area contributed by atoms with Gasteiger partial charge >= 0.3 is 0 Å². The number of ether oxygens (including phenoxy) is 2. The summed E-state index contributed by atoms with van der Waals surface area (Å²) >= 11 is 0. The van der Waals surface area contributed by atoms with E-state index in [1.807, 2.05) is 4.90 Å². The molecular weight excluding hydrogens is 404 g/mol. The average Bonchev–Trinajstić information content (AvgIpc) is 2.86. The second-order valence-corrected chi connectivity index (χ2v) is 8.70. The normalized spacial score (nSPS) is 18.6. The summed E-state index contributed by atoms with van der Waals surface area (Å²) < 4.78 is 10.6. The summed E-state index contributed by atoms with van der Waals surface area (Å²) in [5.41, 5.74) is 3.34. The number of amides is 2. The summed E-state index contributed by atoms with van der Waals surface area (Å²) in [6.45, 7) is 1.84. The van der Waals surface area contributed by atoms with Gasteiger partial charge in [0.1, 0.15) is 11.5 Å². The van der Waals surface area contributed by atoms with Gasteiger partial charge in [-0.25, -0.2) is 0 Å². The topological polar surface area (TPSA) is 67.9 Å². The first-order valence-corrected chi connectivity index (χ1v) is 11.5. The van der Waals surface area contributed by atoms with Crippen molar-refractivity contribution in [3.05, 3.63) is 59.2 Å². The Balaban J connectivity index is 1.30. The zero-order valence-corrected chi connectivity index (χ0v) is 18.9. The van der Waals surface area contributed by atoms with Crippen LogP contribution in [0.25, 0.3) is 0 Å². The molecule has 2 aromatic rings. The molecule has 1 aliphatic heterocycles. The number of methoxy groups -OCH3 is 2. The van der Waals surface area contributed by atoms with E-state index in [9.17, 15) is 9.59 Å². The summed E-state index contributed by atoms with van der Waals surface area (Å²) in [5.74, 6) is 1.59. The van der Waals surface area contributed by atoms with Gasteiger partial charge in [0.05, 0.1) is 14.2 Å². The zero-order valence-electron chi connectivity index (χ0n) is 18.9. The molecule has 2 aromatic carbocycles. The number of aryl methyl sites for hydroxylation is 1. The summed E-state index contributed by atoms with van der Waals surface area (Å²) in [4.78, 5) is 27.6. The minimum absolute atomic E-state index is 0.0438. The van der Waals surface area contributed by atoms with Crippen LogP contribution >= 0.6 is 0 Å². The molecule has 2 aliphatic rings. The molecule has 32 heavy (non-hydrogen) atoms. The molecule has 1 unspecified atom stereocenters. The number of fused-ring (bicyclic) bond motifs is 1. The molecule has 1 aliphatic carbocycles. The van der Waals surface area contributed by atoms with Gasteiger partial charge in [-0.2, -0.15) is 0 Å². The first-order valence-electron chi connectivity index (χ1n) is 11.5. The minimum Gasteiger partial charge on any atom is -0.497 e. The van der Waals surface area contributed by atoms with Crippen molar-refractivity contribution < 1.29 is 19.1 Å². The van der Waals surface area contributed by atoms with Gasteiger partial charge in [0.25, 0.3) is 5.91 Å². The lowest BCUT2D eigenvalue weighted by atomic mass is 9.82. The second kappa shape index (κ2) is 10.1. The number of rotatable bonds is 6. The molecule has 0 spiro atoms. The molecule has 1 N–H and O–H groups in total. The van der Waals surface area contributed by atoms with E-state index < -0.39 is 0 Å². The fourth-order valence-corrected chi connectivity index (χ4v) is 4.89. The van der Waals surface area contributed by atoms with Gasteiger partial charge in [0.2, 0.25) is 5.91 Å². The SMILES string of the molecule is COc1cc(OC)cc(C(=O)N2CCC(C(=O)NCC3CCCc4ccccc43)CC2)c1. The van der Waals surface area contributed by atoms with E-state index in [-0.39, 0.29) is 17.7 Å². The molecule has 170 valence electrons. The molecule has 0 aromatic heterocycles. The van der Waals surface area contributed by atoms with E-state index in [2.05, 4.69) is 29.6 Å². The van der Waals surface area contributed by atoms with Gasteiger partial charge in [-0.15, -0.1) is 0 Å².